The Bertz CT molecular complexity index is 714. The highest BCUT2D eigenvalue weighted by Gasteiger charge is 2.43. The summed E-state index contributed by atoms with van der Waals surface area (Å²) in [6, 6.07) is 32.7. The van der Waals surface area contributed by atoms with Crippen molar-refractivity contribution in [2.45, 2.75) is 6.92 Å². The van der Waals surface area contributed by atoms with Gasteiger partial charge in [-0.05, 0) is 43.3 Å². The maximum Gasteiger partial charge on any atom is 0.115 e. The van der Waals surface area contributed by atoms with Gasteiger partial charge in [0.1, 0.15) is 23.2 Å². The molecule has 0 amide bonds. The van der Waals surface area contributed by atoms with Gasteiger partial charge >= 0.3 is 0 Å². The molecule has 3 aromatic carbocycles. The Morgan fingerprint density at radius 1 is 0.808 bits per heavy atom. The number of hydrogen-bond acceptors (Lipinski definition) is 2. The van der Waals surface area contributed by atoms with Gasteiger partial charge in [-0.3, -0.25) is 0 Å². The summed E-state index contributed by atoms with van der Waals surface area (Å²) in [6.07, 6.45) is 3.05. The topological polar surface area (TPSA) is 40.1 Å². The second-order valence-electron chi connectivity index (χ2n) is 5.78. The van der Waals surface area contributed by atoms with Gasteiger partial charge in [-0.25, -0.2) is 0 Å². The van der Waals surface area contributed by atoms with E-state index in [1.165, 1.54) is 15.9 Å². The Morgan fingerprint density at radius 2 is 1.08 bits per heavy atom. The summed E-state index contributed by atoms with van der Waals surface area (Å²) >= 11 is 0. The maximum atomic E-state index is 8.89. The van der Waals surface area contributed by atoms with Crippen molar-refractivity contribution in [1.29, 1.82) is 0 Å². The van der Waals surface area contributed by atoms with E-state index in [-0.39, 0.29) is 0 Å². The molecule has 0 aliphatic carbocycles. The lowest BCUT2D eigenvalue weighted by Gasteiger charge is -2.26. The van der Waals surface area contributed by atoms with E-state index in [2.05, 4.69) is 104 Å². The second kappa shape index (κ2) is 9.70. The molecule has 3 heteroatoms. The van der Waals surface area contributed by atoms with Crippen molar-refractivity contribution in [3.05, 3.63) is 104 Å². The fourth-order valence-electron chi connectivity index (χ4n) is 3.00. The predicted octanol–water partition coefficient (Wildman–Crippen LogP) is 2.92. The van der Waals surface area contributed by atoms with Gasteiger partial charge in [0.25, 0.3) is 0 Å². The zero-order valence-electron chi connectivity index (χ0n) is 14.9. The molecule has 26 heavy (non-hydrogen) atoms. The first kappa shape index (κ1) is 19.6. The number of carboxylic acid groups (broad SMARTS) is 1. The Hall–Kier alpha value is -2.70. The molecule has 0 bridgehead atoms. The average molecular weight is 362 g/mol. The van der Waals surface area contributed by atoms with E-state index in [1.807, 2.05) is 0 Å². The smallest absolute Gasteiger partial charge is 0.115 e. The zero-order valence-corrected chi connectivity index (χ0v) is 15.8. The van der Waals surface area contributed by atoms with Crippen LogP contribution in [0.4, 0.5) is 0 Å². The number of hydrogen-bond donors (Lipinski definition) is 0. The minimum Gasteiger partial charge on any atom is -0.550 e. The summed E-state index contributed by atoms with van der Waals surface area (Å²) in [4.78, 5) is 8.89. The molecular formula is C23H23O2P. The van der Waals surface area contributed by atoms with E-state index in [9.17, 15) is 0 Å². The normalized spacial score (nSPS) is 10.3. The number of aliphatic carboxylic acids is 1. The molecule has 132 valence electrons. The summed E-state index contributed by atoms with van der Waals surface area (Å²) in [5.74, 6) is -1.08. The minimum absolute atomic E-state index is 0.972. The Balaban J connectivity index is 0.000000552. The third-order valence-electron chi connectivity index (χ3n) is 3.99. The van der Waals surface area contributed by atoms with Gasteiger partial charge < -0.3 is 9.90 Å². The van der Waals surface area contributed by atoms with Gasteiger partial charge in [0.2, 0.25) is 0 Å². The van der Waals surface area contributed by atoms with Crippen LogP contribution < -0.4 is 21.0 Å². The first-order chi connectivity index (χ1) is 12.6. The molecule has 0 saturated carbocycles. The Kier molecular flexibility index (Phi) is 7.32. The van der Waals surface area contributed by atoms with Crippen molar-refractivity contribution in [1.82, 2.24) is 0 Å². The van der Waals surface area contributed by atoms with Crippen molar-refractivity contribution in [3.8, 4) is 0 Å². The monoisotopic (exact) mass is 362 g/mol. The fraction of sp³-hybridized carbons (Fsp3) is 0.0870. The highest BCUT2D eigenvalue weighted by Crippen LogP contribution is 2.55. The van der Waals surface area contributed by atoms with Crippen LogP contribution in [0.3, 0.4) is 0 Å². The van der Waals surface area contributed by atoms with Gasteiger partial charge in [-0.2, -0.15) is 0 Å². The van der Waals surface area contributed by atoms with E-state index < -0.39 is 13.2 Å². The van der Waals surface area contributed by atoms with Gasteiger partial charge in [0.05, 0.1) is 6.16 Å². The van der Waals surface area contributed by atoms with E-state index in [0.717, 1.165) is 13.1 Å². The highest BCUT2D eigenvalue weighted by molar-refractivity contribution is 7.95. The lowest BCUT2D eigenvalue weighted by Crippen LogP contribution is -2.32. The number of rotatable bonds is 5. The van der Waals surface area contributed by atoms with E-state index in [0.29, 0.717) is 0 Å². The molecule has 0 aromatic heterocycles. The van der Waals surface area contributed by atoms with Gasteiger partial charge in [0, 0.05) is 5.97 Å². The van der Waals surface area contributed by atoms with Crippen LogP contribution in [0.25, 0.3) is 0 Å². The molecule has 0 atom stereocenters. The maximum absolute atomic E-state index is 8.89. The lowest BCUT2D eigenvalue weighted by molar-refractivity contribution is -0.302. The SMILES string of the molecule is C=CC[P+](c1ccccc1)(c1ccccc1)c1ccccc1.CC(=O)[O-]. The third kappa shape index (κ3) is 4.68. The number of carboxylic acids is 1. The molecule has 2 nitrogen and oxygen atoms in total. The molecule has 3 aromatic rings. The van der Waals surface area contributed by atoms with Crippen molar-refractivity contribution in [2.75, 3.05) is 6.16 Å². The van der Waals surface area contributed by atoms with Crippen LogP contribution in [0.2, 0.25) is 0 Å². The lowest BCUT2D eigenvalue weighted by atomic mass is 10.4. The summed E-state index contributed by atoms with van der Waals surface area (Å²) < 4.78 is 0. The number of allylic oxidation sites excluding steroid dienone is 1. The molecule has 0 saturated heterocycles. The summed E-state index contributed by atoms with van der Waals surface area (Å²) in [6.45, 7) is 5.02. The van der Waals surface area contributed by atoms with Gasteiger partial charge in [-0.1, -0.05) is 67.3 Å². The Labute approximate surface area is 156 Å². The average Bonchev–Trinajstić information content (AvgIpc) is 2.68. The largest absolute Gasteiger partial charge is 0.550 e. The summed E-state index contributed by atoms with van der Waals surface area (Å²) in [5, 5.41) is 13.1. The molecule has 0 radical (unpaired) electrons. The summed E-state index contributed by atoms with van der Waals surface area (Å²) in [7, 11) is -1.67. The van der Waals surface area contributed by atoms with Crippen LogP contribution in [0, 0.1) is 0 Å². The summed E-state index contributed by atoms with van der Waals surface area (Å²) in [5.41, 5.74) is 0. The van der Waals surface area contributed by atoms with E-state index in [4.69, 9.17) is 9.90 Å². The number of benzene rings is 3. The zero-order chi connectivity index (χ0) is 18.8. The number of carbonyl (C=O) groups excluding carboxylic acids is 1. The minimum atomic E-state index is -1.67. The molecule has 0 fully saturated rings. The molecule has 0 aliphatic heterocycles. The first-order valence-electron chi connectivity index (χ1n) is 8.44. The fourth-order valence-corrected chi connectivity index (χ4v) is 6.96. The molecule has 0 aliphatic rings. The quantitative estimate of drug-likeness (QED) is 0.517. The van der Waals surface area contributed by atoms with Crippen LogP contribution in [0.5, 0.6) is 0 Å². The number of carbonyl (C=O) groups is 1. The van der Waals surface area contributed by atoms with Crippen LogP contribution in [-0.2, 0) is 4.79 Å². The van der Waals surface area contributed by atoms with Crippen molar-refractivity contribution in [3.63, 3.8) is 0 Å². The third-order valence-corrected chi connectivity index (χ3v) is 8.34. The van der Waals surface area contributed by atoms with Crippen LogP contribution >= 0.6 is 7.26 Å². The van der Waals surface area contributed by atoms with Crippen molar-refractivity contribution >= 4 is 29.1 Å². The van der Waals surface area contributed by atoms with Crippen molar-refractivity contribution in [2.24, 2.45) is 0 Å². The molecular weight excluding hydrogens is 339 g/mol. The standard InChI is InChI=1S/C21H20P.C2H4O2/c1-2-18-22(19-12-6-3-7-13-19,20-14-8-4-9-15-20)21-16-10-5-11-17-21;1-2(3)4/h2-17H,1,18H2;1H3,(H,3,4)/q+1;/p-1. The molecule has 0 unspecified atom stereocenters. The van der Waals surface area contributed by atoms with Gasteiger partial charge in [0.15, 0.2) is 0 Å². The van der Waals surface area contributed by atoms with Crippen molar-refractivity contribution < 1.29 is 9.90 Å². The molecule has 0 heterocycles. The molecule has 0 spiro atoms. The van der Waals surface area contributed by atoms with Gasteiger partial charge in [-0.15, -0.1) is 0 Å². The Morgan fingerprint density at radius 3 is 1.31 bits per heavy atom. The van der Waals surface area contributed by atoms with Crippen LogP contribution in [-0.4, -0.2) is 12.1 Å². The van der Waals surface area contributed by atoms with E-state index >= 15 is 0 Å². The second-order valence-corrected chi connectivity index (χ2v) is 9.31. The molecule has 0 N–H and O–H groups in total. The first-order valence-corrected chi connectivity index (χ1v) is 10.4. The van der Waals surface area contributed by atoms with Crippen LogP contribution in [0.1, 0.15) is 6.92 Å². The molecule has 3 rings (SSSR count). The predicted molar refractivity (Wildman–Crippen MR) is 111 cm³/mol. The highest BCUT2D eigenvalue weighted by atomic mass is 31.2. The van der Waals surface area contributed by atoms with E-state index in [1.54, 1.807) is 0 Å². The van der Waals surface area contributed by atoms with Crippen LogP contribution in [0.15, 0.2) is 104 Å².